The first-order chi connectivity index (χ1) is 10.1. The first-order valence-corrected chi connectivity index (χ1v) is 6.75. The molecule has 0 aliphatic rings. The van der Waals surface area contributed by atoms with Gasteiger partial charge in [0, 0.05) is 6.42 Å². The summed E-state index contributed by atoms with van der Waals surface area (Å²) >= 11 is 0. The lowest BCUT2D eigenvalue weighted by Crippen LogP contribution is -2.23. The lowest BCUT2D eigenvalue weighted by Gasteiger charge is -2.07. The van der Waals surface area contributed by atoms with Crippen LogP contribution in [0.5, 0.6) is 11.5 Å². The number of aryl methyl sites for hydroxylation is 2. The highest BCUT2D eigenvalue weighted by Crippen LogP contribution is 2.26. The quantitative estimate of drug-likeness (QED) is 0.857. The summed E-state index contributed by atoms with van der Waals surface area (Å²) in [6.07, 6.45) is 2.56. The van der Waals surface area contributed by atoms with Gasteiger partial charge >= 0.3 is 0 Å². The number of rotatable bonds is 6. The molecule has 5 heteroatoms. The zero-order valence-electron chi connectivity index (χ0n) is 12.2. The van der Waals surface area contributed by atoms with Crippen molar-refractivity contribution in [2.75, 3.05) is 7.11 Å². The molecule has 1 heterocycles. The summed E-state index contributed by atoms with van der Waals surface area (Å²) < 4.78 is 10.3. The molecule has 0 unspecified atom stereocenters. The van der Waals surface area contributed by atoms with Gasteiger partial charge in [-0.25, -0.2) is 0 Å². The second kappa shape index (κ2) is 6.83. The summed E-state index contributed by atoms with van der Waals surface area (Å²) in [4.78, 5) is 11.8. The van der Waals surface area contributed by atoms with Gasteiger partial charge in [0.25, 0.3) is 0 Å². The molecule has 0 radical (unpaired) electrons. The van der Waals surface area contributed by atoms with Gasteiger partial charge in [0.05, 0.1) is 19.9 Å². The molecule has 0 saturated carbocycles. The Bertz CT molecular complexity index is 618. The second-order valence-corrected chi connectivity index (χ2v) is 4.81. The monoisotopic (exact) mass is 289 g/mol. The van der Waals surface area contributed by atoms with Gasteiger partial charge in [0.15, 0.2) is 11.5 Å². The van der Waals surface area contributed by atoms with Crippen LogP contribution in [0.2, 0.25) is 0 Å². The molecular formula is C16H19NO4. The summed E-state index contributed by atoms with van der Waals surface area (Å²) in [7, 11) is 1.50. The van der Waals surface area contributed by atoms with Crippen LogP contribution >= 0.6 is 0 Å². The van der Waals surface area contributed by atoms with Gasteiger partial charge in [-0.2, -0.15) is 0 Å². The van der Waals surface area contributed by atoms with E-state index in [1.807, 2.05) is 13.0 Å². The minimum atomic E-state index is -0.0437. The van der Waals surface area contributed by atoms with E-state index in [4.69, 9.17) is 9.15 Å². The largest absolute Gasteiger partial charge is 0.504 e. The van der Waals surface area contributed by atoms with Gasteiger partial charge in [-0.3, -0.25) is 4.79 Å². The number of hydrogen-bond acceptors (Lipinski definition) is 4. The highest BCUT2D eigenvalue weighted by molar-refractivity contribution is 5.76. The molecule has 0 atom stereocenters. The topological polar surface area (TPSA) is 71.7 Å². The number of amides is 1. The van der Waals surface area contributed by atoms with Gasteiger partial charge in [-0.1, -0.05) is 6.07 Å². The highest BCUT2D eigenvalue weighted by atomic mass is 16.5. The van der Waals surface area contributed by atoms with Crippen molar-refractivity contribution in [1.82, 2.24) is 5.32 Å². The number of benzene rings is 1. The summed E-state index contributed by atoms with van der Waals surface area (Å²) in [5.41, 5.74) is 1.97. The third kappa shape index (κ3) is 4.02. The maximum atomic E-state index is 11.8. The highest BCUT2D eigenvalue weighted by Gasteiger charge is 2.07. The first-order valence-electron chi connectivity index (χ1n) is 6.75. The van der Waals surface area contributed by atoms with Crippen molar-refractivity contribution in [3.63, 3.8) is 0 Å². The Labute approximate surface area is 123 Å². The smallest absolute Gasteiger partial charge is 0.220 e. The number of nitrogens with one attached hydrogen (secondary N) is 1. The fourth-order valence-electron chi connectivity index (χ4n) is 1.99. The summed E-state index contributed by atoms with van der Waals surface area (Å²) in [6, 6.07) is 6.95. The molecule has 1 aromatic heterocycles. The number of phenols is 1. The van der Waals surface area contributed by atoms with E-state index in [-0.39, 0.29) is 11.7 Å². The Balaban J connectivity index is 1.82. The molecule has 21 heavy (non-hydrogen) atoms. The van der Waals surface area contributed by atoms with Crippen LogP contribution < -0.4 is 10.1 Å². The number of carbonyl (C=O) groups is 1. The predicted molar refractivity (Wildman–Crippen MR) is 78.3 cm³/mol. The molecule has 0 aliphatic heterocycles. The average Bonchev–Trinajstić information content (AvgIpc) is 2.89. The van der Waals surface area contributed by atoms with Crippen LogP contribution in [0.15, 0.2) is 34.9 Å². The maximum Gasteiger partial charge on any atom is 0.220 e. The van der Waals surface area contributed by atoms with Crippen molar-refractivity contribution < 1.29 is 19.1 Å². The van der Waals surface area contributed by atoms with E-state index in [2.05, 4.69) is 5.32 Å². The van der Waals surface area contributed by atoms with Gasteiger partial charge in [0.1, 0.15) is 5.76 Å². The van der Waals surface area contributed by atoms with E-state index in [9.17, 15) is 9.90 Å². The Morgan fingerprint density at radius 1 is 1.38 bits per heavy atom. The minimum Gasteiger partial charge on any atom is -0.504 e. The molecule has 5 nitrogen and oxygen atoms in total. The predicted octanol–water partition coefficient (Wildman–Crippen LogP) is 2.55. The van der Waals surface area contributed by atoms with Gasteiger partial charge in [-0.05, 0) is 42.7 Å². The van der Waals surface area contributed by atoms with E-state index in [0.717, 1.165) is 16.9 Å². The molecule has 112 valence electrons. The summed E-state index contributed by atoms with van der Waals surface area (Å²) in [5.74, 6) is 1.24. The SMILES string of the molecule is COc1cc(CCC(=O)NCc2occc2C)ccc1O. The zero-order chi connectivity index (χ0) is 15.2. The third-order valence-electron chi connectivity index (χ3n) is 3.30. The van der Waals surface area contributed by atoms with Crippen LogP contribution in [-0.2, 0) is 17.8 Å². The van der Waals surface area contributed by atoms with Crippen molar-refractivity contribution in [3.8, 4) is 11.5 Å². The number of hydrogen-bond donors (Lipinski definition) is 2. The fraction of sp³-hybridized carbons (Fsp3) is 0.312. The van der Waals surface area contributed by atoms with E-state index in [1.54, 1.807) is 24.5 Å². The number of phenolic OH excluding ortho intramolecular Hbond substituents is 1. The molecule has 0 aliphatic carbocycles. The number of ether oxygens (including phenoxy) is 1. The average molecular weight is 289 g/mol. The van der Waals surface area contributed by atoms with Crippen LogP contribution in [0.1, 0.15) is 23.3 Å². The maximum absolute atomic E-state index is 11.8. The van der Waals surface area contributed by atoms with Crippen molar-refractivity contribution in [1.29, 1.82) is 0 Å². The number of methoxy groups -OCH3 is 1. The standard InChI is InChI=1S/C16H19NO4/c1-11-7-8-21-15(11)10-17-16(19)6-4-12-3-5-13(18)14(9-12)20-2/h3,5,7-9,18H,4,6,10H2,1-2H3,(H,17,19). The Kier molecular flexibility index (Phi) is 4.87. The molecule has 2 rings (SSSR count). The van der Waals surface area contributed by atoms with E-state index >= 15 is 0 Å². The van der Waals surface area contributed by atoms with E-state index in [0.29, 0.717) is 25.1 Å². The van der Waals surface area contributed by atoms with Crippen LogP contribution in [0.25, 0.3) is 0 Å². The van der Waals surface area contributed by atoms with Crippen molar-refractivity contribution in [2.45, 2.75) is 26.3 Å². The van der Waals surface area contributed by atoms with Gasteiger partial charge < -0.3 is 19.6 Å². The second-order valence-electron chi connectivity index (χ2n) is 4.81. The lowest BCUT2D eigenvalue weighted by atomic mass is 10.1. The van der Waals surface area contributed by atoms with Crippen molar-refractivity contribution in [3.05, 3.63) is 47.4 Å². The molecule has 1 amide bonds. The number of aromatic hydroxyl groups is 1. The minimum absolute atomic E-state index is 0.0437. The van der Waals surface area contributed by atoms with Crippen LogP contribution in [0.3, 0.4) is 0 Å². The molecule has 0 spiro atoms. The van der Waals surface area contributed by atoms with Crippen LogP contribution in [-0.4, -0.2) is 18.1 Å². The molecule has 1 aromatic carbocycles. The summed E-state index contributed by atoms with van der Waals surface area (Å²) in [6.45, 7) is 2.34. The van der Waals surface area contributed by atoms with Gasteiger partial charge in [0.2, 0.25) is 5.91 Å². The van der Waals surface area contributed by atoms with E-state index < -0.39 is 0 Å². The normalized spacial score (nSPS) is 10.4. The molecular weight excluding hydrogens is 270 g/mol. The van der Waals surface area contributed by atoms with Crippen molar-refractivity contribution >= 4 is 5.91 Å². The molecule has 2 aromatic rings. The third-order valence-corrected chi connectivity index (χ3v) is 3.30. The molecule has 2 N–H and O–H groups in total. The Morgan fingerprint density at radius 3 is 2.86 bits per heavy atom. The van der Waals surface area contributed by atoms with Crippen LogP contribution in [0.4, 0.5) is 0 Å². The summed E-state index contributed by atoms with van der Waals surface area (Å²) in [5, 5.41) is 12.3. The molecule has 0 saturated heterocycles. The first kappa shape index (κ1) is 15.0. The number of carbonyl (C=O) groups excluding carboxylic acids is 1. The molecule has 0 fully saturated rings. The lowest BCUT2D eigenvalue weighted by molar-refractivity contribution is -0.121. The Morgan fingerprint density at radius 2 is 2.19 bits per heavy atom. The molecule has 0 bridgehead atoms. The van der Waals surface area contributed by atoms with E-state index in [1.165, 1.54) is 7.11 Å². The van der Waals surface area contributed by atoms with Gasteiger partial charge in [-0.15, -0.1) is 0 Å². The number of furan rings is 1. The zero-order valence-corrected chi connectivity index (χ0v) is 12.2. The fourth-order valence-corrected chi connectivity index (χ4v) is 1.99. The Hall–Kier alpha value is -2.43. The van der Waals surface area contributed by atoms with Crippen LogP contribution in [0, 0.1) is 6.92 Å². The van der Waals surface area contributed by atoms with Crippen molar-refractivity contribution in [2.24, 2.45) is 0 Å².